The van der Waals surface area contributed by atoms with E-state index in [0.29, 0.717) is 13.2 Å². The summed E-state index contributed by atoms with van der Waals surface area (Å²) in [4.78, 5) is 26.4. The maximum Gasteiger partial charge on any atom is 0.322 e. The van der Waals surface area contributed by atoms with Gasteiger partial charge in [-0.2, -0.15) is 0 Å². The van der Waals surface area contributed by atoms with Crippen molar-refractivity contribution >= 4 is 33.6 Å². The molecule has 0 aromatic heterocycles. The Hall–Kier alpha value is -2.34. The second-order valence-electron chi connectivity index (χ2n) is 6.13. The highest BCUT2D eigenvalue weighted by molar-refractivity contribution is 9.10. The number of para-hydroxylation sites is 1. The van der Waals surface area contributed by atoms with Gasteiger partial charge >= 0.3 is 12.0 Å². The number of urea groups is 1. The number of rotatable bonds is 6. The number of benzene rings is 2. The molecule has 26 heavy (non-hydrogen) atoms. The second-order valence-corrected chi connectivity index (χ2v) is 7.04. The first kappa shape index (κ1) is 18.5. The molecule has 0 bridgehead atoms. The number of amides is 2. The van der Waals surface area contributed by atoms with Crippen LogP contribution in [0.5, 0.6) is 0 Å². The molecule has 1 heterocycles. The third-order valence-corrected chi connectivity index (χ3v) is 5.03. The van der Waals surface area contributed by atoms with E-state index in [0.717, 1.165) is 15.7 Å². The first-order chi connectivity index (χ1) is 12.6. The minimum absolute atomic E-state index is 0.146. The zero-order valence-corrected chi connectivity index (χ0v) is 16.1. The number of hydrogen-bond donors (Lipinski definition) is 1. The summed E-state index contributed by atoms with van der Waals surface area (Å²) in [6.45, 7) is 2.62. The molecule has 1 aliphatic rings. The molecule has 0 radical (unpaired) electrons. The van der Waals surface area contributed by atoms with Gasteiger partial charge in [0.1, 0.15) is 0 Å². The Morgan fingerprint density at radius 3 is 2.58 bits per heavy atom. The number of nitrogens with one attached hydrogen (secondary N) is 1. The molecule has 0 aliphatic carbocycles. The average Bonchev–Trinajstić information content (AvgIpc) is 3.03. The topological polar surface area (TPSA) is 58.6 Å². The van der Waals surface area contributed by atoms with Crippen molar-refractivity contribution in [2.75, 3.05) is 18.1 Å². The maximum absolute atomic E-state index is 12.5. The Morgan fingerprint density at radius 1 is 1.23 bits per heavy atom. The van der Waals surface area contributed by atoms with Crippen LogP contribution in [0.1, 0.15) is 24.8 Å². The molecule has 0 saturated carbocycles. The Balaban J connectivity index is 1.95. The van der Waals surface area contributed by atoms with E-state index < -0.39 is 0 Å². The summed E-state index contributed by atoms with van der Waals surface area (Å²) in [5.74, 6) is -0.422. The standard InChI is InChI=1S/C20H21BrN2O3/c1-2-26-19(24)12-17(14-8-10-15(21)11-9-14)18-13-22-20(25)23(18)16-6-4-3-5-7-16/h3-11,17-18H,2,12-13H2,1H3,(H,22,25). The maximum atomic E-state index is 12.5. The molecule has 2 amide bonds. The number of esters is 1. The van der Waals surface area contributed by atoms with Crippen molar-refractivity contribution in [3.63, 3.8) is 0 Å². The molecular formula is C20H21BrN2O3. The predicted molar refractivity (Wildman–Crippen MR) is 104 cm³/mol. The molecule has 6 heteroatoms. The Kier molecular flexibility index (Phi) is 5.93. The summed E-state index contributed by atoms with van der Waals surface area (Å²) in [5.41, 5.74) is 1.82. The van der Waals surface area contributed by atoms with Gasteiger partial charge in [0.15, 0.2) is 0 Å². The van der Waals surface area contributed by atoms with Crippen LogP contribution in [0.4, 0.5) is 10.5 Å². The Labute approximate surface area is 161 Å². The van der Waals surface area contributed by atoms with Gasteiger partial charge in [-0.1, -0.05) is 46.3 Å². The number of carbonyl (C=O) groups excluding carboxylic acids is 2. The van der Waals surface area contributed by atoms with Crippen molar-refractivity contribution in [1.29, 1.82) is 0 Å². The molecule has 5 nitrogen and oxygen atoms in total. The lowest BCUT2D eigenvalue weighted by molar-refractivity contribution is -0.143. The van der Waals surface area contributed by atoms with E-state index >= 15 is 0 Å². The molecule has 1 fully saturated rings. The van der Waals surface area contributed by atoms with Gasteiger partial charge in [0, 0.05) is 22.6 Å². The molecule has 2 aromatic carbocycles. The van der Waals surface area contributed by atoms with E-state index in [1.54, 1.807) is 11.8 Å². The van der Waals surface area contributed by atoms with Crippen LogP contribution in [0.3, 0.4) is 0 Å². The lowest BCUT2D eigenvalue weighted by Crippen LogP contribution is -2.39. The summed E-state index contributed by atoms with van der Waals surface area (Å²) in [7, 11) is 0. The van der Waals surface area contributed by atoms with Gasteiger partial charge in [-0.05, 0) is 36.8 Å². The number of carbonyl (C=O) groups is 2. The van der Waals surface area contributed by atoms with Gasteiger partial charge in [0.05, 0.1) is 19.1 Å². The van der Waals surface area contributed by atoms with E-state index in [1.165, 1.54) is 0 Å². The molecular weight excluding hydrogens is 396 g/mol. The van der Waals surface area contributed by atoms with E-state index in [2.05, 4.69) is 21.2 Å². The molecule has 1 saturated heterocycles. The molecule has 3 rings (SSSR count). The van der Waals surface area contributed by atoms with Gasteiger partial charge in [-0.15, -0.1) is 0 Å². The molecule has 2 unspecified atom stereocenters. The first-order valence-corrected chi connectivity index (χ1v) is 9.42. The number of halogens is 1. The highest BCUT2D eigenvalue weighted by Gasteiger charge is 2.39. The number of nitrogens with zero attached hydrogens (tertiary/aromatic N) is 1. The van der Waals surface area contributed by atoms with E-state index in [4.69, 9.17) is 4.74 Å². The van der Waals surface area contributed by atoms with Crippen molar-refractivity contribution in [3.05, 3.63) is 64.6 Å². The third kappa shape index (κ3) is 4.07. The Bertz CT molecular complexity index is 764. The number of anilines is 1. The molecule has 1 N–H and O–H groups in total. The van der Waals surface area contributed by atoms with Crippen molar-refractivity contribution in [2.24, 2.45) is 0 Å². The molecule has 0 spiro atoms. The van der Waals surface area contributed by atoms with E-state index in [9.17, 15) is 9.59 Å². The quantitative estimate of drug-likeness (QED) is 0.721. The molecule has 2 atom stereocenters. The van der Waals surface area contributed by atoms with Crippen LogP contribution in [-0.4, -0.2) is 31.2 Å². The van der Waals surface area contributed by atoms with Gasteiger partial charge in [-0.3, -0.25) is 9.69 Å². The summed E-state index contributed by atoms with van der Waals surface area (Å²) in [5, 5.41) is 2.91. The van der Waals surface area contributed by atoms with Gasteiger partial charge < -0.3 is 10.1 Å². The number of ether oxygens (including phenoxy) is 1. The summed E-state index contributed by atoms with van der Waals surface area (Å²) in [6, 6.07) is 17.1. The molecule has 136 valence electrons. The Morgan fingerprint density at radius 2 is 1.92 bits per heavy atom. The zero-order chi connectivity index (χ0) is 18.5. The van der Waals surface area contributed by atoms with Crippen molar-refractivity contribution < 1.29 is 14.3 Å². The fraction of sp³-hybridized carbons (Fsp3) is 0.300. The molecule has 1 aliphatic heterocycles. The fourth-order valence-electron chi connectivity index (χ4n) is 3.32. The second kappa shape index (κ2) is 8.36. The SMILES string of the molecule is CCOC(=O)CC(c1ccc(Br)cc1)C1CNC(=O)N1c1ccccc1. The summed E-state index contributed by atoms with van der Waals surface area (Å²) >= 11 is 3.44. The van der Waals surface area contributed by atoms with Crippen LogP contribution < -0.4 is 10.2 Å². The normalized spacial score (nSPS) is 17.7. The average molecular weight is 417 g/mol. The zero-order valence-electron chi connectivity index (χ0n) is 14.5. The predicted octanol–water partition coefficient (Wildman–Crippen LogP) is 4.08. The van der Waals surface area contributed by atoms with Crippen LogP contribution in [-0.2, 0) is 9.53 Å². The lowest BCUT2D eigenvalue weighted by atomic mass is 9.88. The number of hydrogen-bond acceptors (Lipinski definition) is 3. The van der Waals surface area contributed by atoms with E-state index in [1.807, 2.05) is 54.6 Å². The minimum atomic E-state index is -0.257. The third-order valence-electron chi connectivity index (χ3n) is 4.50. The van der Waals surface area contributed by atoms with E-state index in [-0.39, 0.29) is 30.4 Å². The van der Waals surface area contributed by atoms with Crippen molar-refractivity contribution in [2.45, 2.75) is 25.3 Å². The largest absolute Gasteiger partial charge is 0.466 e. The van der Waals surface area contributed by atoms with Gasteiger partial charge in [0.25, 0.3) is 0 Å². The monoisotopic (exact) mass is 416 g/mol. The first-order valence-electron chi connectivity index (χ1n) is 8.63. The van der Waals surface area contributed by atoms with Crippen LogP contribution in [0.25, 0.3) is 0 Å². The van der Waals surface area contributed by atoms with Crippen LogP contribution >= 0.6 is 15.9 Å². The summed E-state index contributed by atoms with van der Waals surface area (Å²) < 4.78 is 6.14. The van der Waals surface area contributed by atoms with Crippen molar-refractivity contribution in [1.82, 2.24) is 5.32 Å². The van der Waals surface area contributed by atoms with Crippen LogP contribution in [0.2, 0.25) is 0 Å². The fourth-order valence-corrected chi connectivity index (χ4v) is 3.59. The molecule has 2 aromatic rings. The summed E-state index contributed by atoms with van der Waals surface area (Å²) in [6.07, 6.45) is 0.221. The minimum Gasteiger partial charge on any atom is -0.466 e. The smallest absolute Gasteiger partial charge is 0.322 e. The van der Waals surface area contributed by atoms with Gasteiger partial charge in [-0.25, -0.2) is 4.79 Å². The van der Waals surface area contributed by atoms with Crippen LogP contribution in [0, 0.1) is 0 Å². The van der Waals surface area contributed by atoms with Crippen molar-refractivity contribution in [3.8, 4) is 0 Å². The lowest BCUT2D eigenvalue weighted by Gasteiger charge is -2.30. The van der Waals surface area contributed by atoms with Gasteiger partial charge in [0.2, 0.25) is 0 Å². The highest BCUT2D eigenvalue weighted by Crippen LogP contribution is 2.33. The van der Waals surface area contributed by atoms with Crippen LogP contribution in [0.15, 0.2) is 59.1 Å². The highest BCUT2D eigenvalue weighted by atomic mass is 79.9.